The van der Waals surface area contributed by atoms with Crippen LogP contribution < -0.4 is 10.1 Å². The molecule has 0 fully saturated rings. The summed E-state index contributed by atoms with van der Waals surface area (Å²) in [7, 11) is 0. The molecule has 0 saturated heterocycles. The van der Waals surface area contributed by atoms with Gasteiger partial charge in [-0.1, -0.05) is 46.9 Å². The molecule has 0 radical (unpaired) electrons. The minimum absolute atomic E-state index is 0.165. The third-order valence-electron chi connectivity index (χ3n) is 4.65. The highest BCUT2D eigenvalue weighted by Gasteiger charge is 2.14. The van der Waals surface area contributed by atoms with Crippen molar-refractivity contribution in [2.45, 2.75) is 13.5 Å². The number of nitrogens with one attached hydrogen (secondary N) is 1. The van der Waals surface area contributed by atoms with E-state index in [1.807, 2.05) is 18.2 Å². The molecule has 0 aliphatic heterocycles. The number of anilines is 1. The fraction of sp³-hybridized carbons (Fsp3) is 0.115. The minimum Gasteiger partial charge on any atom is -0.486 e. The zero-order valence-corrected chi connectivity index (χ0v) is 20.7. The summed E-state index contributed by atoms with van der Waals surface area (Å²) in [6, 6.07) is 18.2. The van der Waals surface area contributed by atoms with Crippen LogP contribution in [0.2, 0.25) is 15.1 Å². The predicted molar refractivity (Wildman–Crippen MR) is 137 cm³/mol. The summed E-state index contributed by atoms with van der Waals surface area (Å²) in [4.78, 5) is 24.3. The van der Waals surface area contributed by atoms with E-state index in [9.17, 15) is 14.9 Å². The fourth-order valence-corrected chi connectivity index (χ4v) is 3.69. The van der Waals surface area contributed by atoms with Gasteiger partial charge in [0.15, 0.2) is 5.75 Å². The Labute approximate surface area is 217 Å². The van der Waals surface area contributed by atoms with Crippen molar-refractivity contribution in [2.24, 2.45) is 0 Å². The van der Waals surface area contributed by atoms with Gasteiger partial charge in [-0.05, 0) is 72.7 Å². The molecule has 0 bridgehead atoms. The van der Waals surface area contributed by atoms with Crippen molar-refractivity contribution in [1.29, 1.82) is 5.26 Å². The number of ether oxygens (including phenoxy) is 2. The van der Waals surface area contributed by atoms with Gasteiger partial charge in [-0.3, -0.25) is 4.79 Å². The number of nitriles is 1. The van der Waals surface area contributed by atoms with Crippen LogP contribution in [0.3, 0.4) is 0 Å². The van der Waals surface area contributed by atoms with E-state index in [0.717, 1.165) is 5.56 Å². The first-order chi connectivity index (χ1) is 16.8. The summed E-state index contributed by atoms with van der Waals surface area (Å²) >= 11 is 18.6. The average Bonchev–Trinajstić information content (AvgIpc) is 2.83. The van der Waals surface area contributed by atoms with Gasteiger partial charge in [-0.2, -0.15) is 5.26 Å². The second-order valence-electron chi connectivity index (χ2n) is 7.15. The lowest BCUT2D eigenvalue weighted by Crippen LogP contribution is -2.13. The summed E-state index contributed by atoms with van der Waals surface area (Å²) in [6.45, 7) is 2.20. The van der Waals surface area contributed by atoms with Crippen LogP contribution in [0.15, 0.2) is 66.2 Å². The Morgan fingerprint density at radius 2 is 1.63 bits per heavy atom. The van der Waals surface area contributed by atoms with Crippen molar-refractivity contribution in [2.75, 3.05) is 11.9 Å². The second kappa shape index (κ2) is 12.3. The van der Waals surface area contributed by atoms with E-state index >= 15 is 0 Å². The van der Waals surface area contributed by atoms with E-state index < -0.39 is 11.9 Å². The summed E-state index contributed by atoms with van der Waals surface area (Å²) in [5.41, 5.74) is 1.92. The monoisotopic (exact) mass is 528 g/mol. The highest BCUT2D eigenvalue weighted by molar-refractivity contribution is 6.37. The molecular formula is C26H19Cl3N2O4. The number of carbonyl (C=O) groups excluding carboxylic acids is 2. The van der Waals surface area contributed by atoms with Gasteiger partial charge in [0.1, 0.15) is 18.2 Å². The Hall–Kier alpha value is -3.50. The van der Waals surface area contributed by atoms with Crippen LogP contribution in [0.25, 0.3) is 6.08 Å². The Morgan fingerprint density at radius 3 is 2.20 bits per heavy atom. The molecule has 1 N–H and O–H groups in total. The molecule has 6 nitrogen and oxygen atoms in total. The number of hydrogen-bond acceptors (Lipinski definition) is 5. The van der Waals surface area contributed by atoms with Crippen LogP contribution in [-0.2, 0) is 16.1 Å². The van der Waals surface area contributed by atoms with Crippen LogP contribution in [0.5, 0.6) is 5.75 Å². The smallest absolute Gasteiger partial charge is 0.338 e. The Bertz CT molecular complexity index is 1270. The third-order valence-corrected chi connectivity index (χ3v) is 5.46. The largest absolute Gasteiger partial charge is 0.486 e. The van der Waals surface area contributed by atoms with E-state index in [1.165, 1.54) is 18.2 Å². The molecule has 0 saturated carbocycles. The van der Waals surface area contributed by atoms with E-state index in [2.05, 4.69) is 5.32 Å². The summed E-state index contributed by atoms with van der Waals surface area (Å²) < 4.78 is 10.7. The number of benzene rings is 3. The molecule has 0 aromatic heterocycles. The van der Waals surface area contributed by atoms with Gasteiger partial charge in [-0.15, -0.1) is 0 Å². The van der Waals surface area contributed by atoms with Crippen molar-refractivity contribution < 1.29 is 19.1 Å². The molecule has 1 amide bonds. The molecule has 0 atom stereocenters. The van der Waals surface area contributed by atoms with Gasteiger partial charge >= 0.3 is 5.97 Å². The van der Waals surface area contributed by atoms with E-state index in [0.29, 0.717) is 21.8 Å². The normalized spacial score (nSPS) is 10.9. The number of carbonyl (C=O) groups is 2. The molecule has 0 spiro atoms. The topological polar surface area (TPSA) is 88.4 Å². The number of rotatable bonds is 8. The molecular weight excluding hydrogens is 511 g/mol. The van der Waals surface area contributed by atoms with Gasteiger partial charge < -0.3 is 14.8 Å². The molecule has 178 valence electrons. The van der Waals surface area contributed by atoms with Crippen molar-refractivity contribution in [1.82, 2.24) is 0 Å². The third kappa shape index (κ3) is 7.24. The lowest BCUT2D eigenvalue weighted by Gasteiger charge is -2.11. The number of halogens is 3. The molecule has 0 aliphatic rings. The predicted octanol–water partition coefficient (Wildman–Crippen LogP) is 6.95. The van der Waals surface area contributed by atoms with Crippen molar-refractivity contribution in [3.63, 3.8) is 0 Å². The second-order valence-corrected chi connectivity index (χ2v) is 8.40. The number of hydrogen-bond donors (Lipinski definition) is 1. The van der Waals surface area contributed by atoms with Crippen LogP contribution >= 0.6 is 34.8 Å². The molecule has 3 aromatic carbocycles. The molecule has 35 heavy (non-hydrogen) atoms. The Kier molecular flexibility index (Phi) is 9.16. The SMILES string of the molecule is CCOC(=O)c1ccc(NC(=O)/C(C#N)=C/c2cc(Cl)c(OCc3ccc(Cl)cc3)c(Cl)c2)cc1. The lowest BCUT2D eigenvalue weighted by molar-refractivity contribution is -0.112. The maximum Gasteiger partial charge on any atom is 0.338 e. The van der Waals surface area contributed by atoms with Crippen molar-refractivity contribution in [3.05, 3.63) is 98.0 Å². The zero-order valence-electron chi connectivity index (χ0n) is 18.5. The average molecular weight is 530 g/mol. The Morgan fingerprint density at radius 1 is 1.00 bits per heavy atom. The zero-order chi connectivity index (χ0) is 25.4. The fourth-order valence-electron chi connectivity index (χ4n) is 2.95. The highest BCUT2D eigenvalue weighted by Crippen LogP contribution is 2.35. The first-order valence-electron chi connectivity index (χ1n) is 10.4. The minimum atomic E-state index is -0.633. The van der Waals surface area contributed by atoms with Gasteiger partial charge in [0.2, 0.25) is 0 Å². The van der Waals surface area contributed by atoms with Crippen LogP contribution in [0.1, 0.15) is 28.4 Å². The van der Waals surface area contributed by atoms with Gasteiger partial charge in [0, 0.05) is 10.7 Å². The van der Waals surface area contributed by atoms with Crippen LogP contribution in [0, 0.1) is 11.3 Å². The number of esters is 1. The molecule has 0 aliphatic carbocycles. The lowest BCUT2D eigenvalue weighted by atomic mass is 10.1. The van der Waals surface area contributed by atoms with E-state index in [4.69, 9.17) is 44.3 Å². The maximum atomic E-state index is 12.6. The van der Waals surface area contributed by atoms with Gasteiger partial charge in [0.25, 0.3) is 5.91 Å². The quantitative estimate of drug-likeness (QED) is 0.194. The molecule has 0 heterocycles. The summed E-state index contributed by atoms with van der Waals surface area (Å²) in [5, 5.41) is 13.2. The molecule has 3 aromatic rings. The van der Waals surface area contributed by atoms with Crippen molar-refractivity contribution >= 4 is 58.4 Å². The van der Waals surface area contributed by atoms with Gasteiger partial charge in [-0.25, -0.2) is 4.79 Å². The van der Waals surface area contributed by atoms with Crippen LogP contribution in [0.4, 0.5) is 5.69 Å². The first-order valence-corrected chi connectivity index (χ1v) is 11.5. The van der Waals surface area contributed by atoms with E-state index in [-0.39, 0.29) is 34.6 Å². The molecule has 3 rings (SSSR count). The Balaban J connectivity index is 1.71. The standard InChI is InChI=1S/C26H19Cl3N2O4/c1-2-34-26(33)18-5-9-21(10-6-18)31-25(32)19(14-30)11-17-12-22(28)24(23(29)13-17)35-15-16-3-7-20(27)8-4-16/h3-13H,2,15H2,1H3,(H,31,32)/b19-11+. The van der Waals surface area contributed by atoms with Crippen molar-refractivity contribution in [3.8, 4) is 11.8 Å². The highest BCUT2D eigenvalue weighted by atomic mass is 35.5. The van der Waals surface area contributed by atoms with Gasteiger partial charge in [0.05, 0.1) is 22.2 Å². The number of nitrogens with zero attached hydrogens (tertiary/aromatic N) is 1. The summed E-state index contributed by atoms with van der Waals surface area (Å²) in [6.07, 6.45) is 1.36. The first kappa shape index (κ1) is 26.1. The van der Waals surface area contributed by atoms with Crippen LogP contribution in [-0.4, -0.2) is 18.5 Å². The van der Waals surface area contributed by atoms with E-state index in [1.54, 1.807) is 43.3 Å². The maximum absolute atomic E-state index is 12.6. The number of amides is 1. The molecule has 9 heteroatoms. The molecule has 0 unspecified atom stereocenters. The summed E-state index contributed by atoms with van der Waals surface area (Å²) in [5.74, 6) is -0.811.